The van der Waals surface area contributed by atoms with E-state index in [9.17, 15) is 9.50 Å². The molecule has 0 aliphatic carbocycles. The van der Waals surface area contributed by atoms with Crippen LogP contribution in [0.2, 0.25) is 0 Å². The van der Waals surface area contributed by atoms with E-state index in [-0.39, 0.29) is 5.82 Å². The normalized spacial score (nSPS) is 12.3. The first-order valence-corrected chi connectivity index (χ1v) is 6.95. The number of hydrogen-bond donors (Lipinski definition) is 3. The summed E-state index contributed by atoms with van der Waals surface area (Å²) in [5, 5.41) is 13.8. The highest BCUT2D eigenvalue weighted by Crippen LogP contribution is 2.27. The van der Waals surface area contributed by atoms with Crippen molar-refractivity contribution in [2.24, 2.45) is 5.73 Å². The van der Waals surface area contributed by atoms with Crippen LogP contribution in [0.4, 0.5) is 10.1 Å². The summed E-state index contributed by atoms with van der Waals surface area (Å²) < 4.78 is 13.2. The molecule has 0 amide bonds. The van der Waals surface area contributed by atoms with Crippen molar-refractivity contribution in [1.82, 2.24) is 4.98 Å². The second-order valence-corrected chi connectivity index (χ2v) is 5.03. The molecule has 4 N–H and O–H groups in total. The lowest BCUT2D eigenvalue weighted by Crippen LogP contribution is -2.10. The Morgan fingerprint density at radius 2 is 2.05 bits per heavy atom. The number of rotatable bonds is 4. The summed E-state index contributed by atoms with van der Waals surface area (Å²) in [5.74, 6) is -0.257. The summed E-state index contributed by atoms with van der Waals surface area (Å²) in [6.45, 7) is 0.492. The number of pyridine rings is 1. The fourth-order valence-electron chi connectivity index (χ4n) is 2.43. The predicted octanol–water partition coefficient (Wildman–Crippen LogP) is 2.94. The summed E-state index contributed by atoms with van der Waals surface area (Å²) in [6.07, 6.45) is 0.583. The molecule has 0 bridgehead atoms. The van der Waals surface area contributed by atoms with Gasteiger partial charge in [0.05, 0.1) is 5.52 Å². The average molecular weight is 297 g/mol. The van der Waals surface area contributed by atoms with Crippen LogP contribution in [0.25, 0.3) is 10.9 Å². The third-order valence-corrected chi connectivity index (χ3v) is 3.49. The van der Waals surface area contributed by atoms with Crippen molar-refractivity contribution in [2.75, 3.05) is 5.32 Å². The van der Waals surface area contributed by atoms with Crippen LogP contribution in [0.1, 0.15) is 17.4 Å². The van der Waals surface area contributed by atoms with E-state index >= 15 is 0 Å². The average Bonchev–Trinajstić information content (AvgIpc) is 2.52. The zero-order valence-electron chi connectivity index (χ0n) is 11.8. The highest BCUT2D eigenvalue weighted by molar-refractivity contribution is 5.93. The lowest BCUT2D eigenvalue weighted by atomic mass is 10.1. The van der Waals surface area contributed by atoms with Crippen LogP contribution in [-0.4, -0.2) is 10.1 Å². The molecule has 0 aliphatic heterocycles. The first-order chi connectivity index (χ1) is 10.6. The maximum absolute atomic E-state index is 13.2. The van der Waals surface area contributed by atoms with E-state index < -0.39 is 6.23 Å². The van der Waals surface area contributed by atoms with Gasteiger partial charge in [-0.15, -0.1) is 0 Å². The maximum Gasteiger partial charge on any atom is 0.130 e. The maximum atomic E-state index is 13.2. The van der Waals surface area contributed by atoms with Gasteiger partial charge in [0.15, 0.2) is 0 Å². The molecule has 4 nitrogen and oxygen atoms in total. The van der Waals surface area contributed by atoms with E-state index in [0.717, 1.165) is 16.6 Å². The number of nitrogens with one attached hydrogen (secondary N) is 1. The number of fused-ring (bicyclic) bond motifs is 1. The molecule has 0 spiro atoms. The van der Waals surface area contributed by atoms with Gasteiger partial charge < -0.3 is 16.2 Å². The minimum Gasteiger partial charge on any atom is -0.380 e. The summed E-state index contributed by atoms with van der Waals surface area (Å²) in [4.78, 5) is 4.29. The molecule has 0 saturated carbocycles. The van der Waals surface area contributed by atoms with Crippen LogP contribution < -0.4 is 11.1 Å². The third-order valence-electron chi connectivity index (χ3n) is 3.49. The summed E-state index contributed by atoms with van der Waals surface area (Å²) >= 11 is 0. The number of nitrogens with two attached hydrogens (primary N) is 1. The molecule has 0 fully saturated rings. The van der Waals surface area contributed by atoms with E-state index in [1.807, 2.05) is 24.3 Å². The highest BCUT2D eigenvalue weighted by atomic mass is 19.1. The van der Waals surface area contributed by atoms with Crippen molar-refractivity contribution in [3.05, 3.63) is 71.7 Å². The summed E-state index contributed by atoms with van der Waals surface area (Å²) in [6, 6.07) is 13.8. The van der Waals surface area contributed by atoms with Crippen LogP contribution in [0.3, 0.4) is 0 Å². The van der Waals surface area contributed by atoms with Crippen molar-refractivity contribution in [3.8, 4) is 0 Å². The van der Waals surface area contributed by atoms with Gasteiger partial charge in [0.1, 0.15) is 12.0 Å². The molecule has 1 heterocycles. The SMILES string of the molecule is NC(O)c1ccc(NCc2cccc(F)c2)c2cccnc12. The monoisotopic (exact) mass is 297 g/mol. The van der Waals surface area contributed by atoms with Gasteiger partial charge in [0, 0.05) is 29.4 Å². The van der Waals surface area contributed by atoms with Gasteiger partial charge in [0.2, 0.25) is 0 Å². The van der Waals surface area contributed by atoms with Crippen molar-refractivity contribution >= 4 is 16.6 Å². The summed E-state index contributed by atoms with van der Waals surface area (Å²) in [7, 11) is 0. The summed E-state index contributed by atoms with van der Waals surface area (Å²) in [5.41, 5.74) is 8.50. The molecule has 1 unspecified atom stereocenters. The van der Waals surface area contributed by atoms with Gasteiger partial charge >= 0.3 is 0 Å². The molecule has 5 heteroatoms. The number of nitrogens with zero attached hydrogens (tertiary/aromatic N) is 1. The Labute approximate surface area is 127 Å². The Morgan fingerprint density at radius 3 is 2.82 bits per heavy atom. The Kier molecular flexibility index (Phi) is 4.00. The van der Waals surface area contributed by atoms with Gasteiger partial charge in [-0.05, 0) is 35.9 Å². The van der Waals surface area contributed by atoms with Crippen LogP contribution in [0.5, 0.6) is 0 Å². The predicted molar refractivity (Wildman–Crippen MR) is 84.6 cm³/mol. The lowest BCUT2D eigenvalue weighted by molar-refractivity contribution is 0.187. The quantitative estimate of drug-likeness (QED) is 0.648. The number of aromatic nitrogens is 1. The molecule has 0 aliphatic rings. The van der Waals surface area contributed by atoms with Gasteiger partial charge in [-0.3, -0.25) is 4.98 Å². The molecule has 0 radical (unpaired) electrons. The molecular formula is C17H16FN3O. The van der Waals surface area contributed by atoms with E-state index in [0.29, 0.717) is 17.6 Å². The second-order valence-electron chi connectivity index (χ2n) is 5.03. The van der Waals surface area contributed by atoms with Crippen molar-refractivity contribution in [2.45, 2.75) is 12.8 Å². The fraction of sp³-hybridized carbons (Fsp3) is 0.118. The largest absolute Gasteiger partial charge is 0.380 e. The molecule has 3 aromatic rings. The minimum absolute atomic E-state index is 0.257. The Morgan fingerprint density at radius 1 is 1.18 bits per heavy atom. The van der Waals surface area contributed by atoms with Crippen molar-refractivity contribution in [3.63, 3.8) is 0 Å². The van der Waals surface area contributed by atoms with Crippen LogP contribution in [-0.2, 0) is 6.54 Å². The number of halogens is 1. The number of aliphatic hydroxyl groups excluding tert-OH is 1. The third kappa shape index (κ3) is 2.90. The molecule has 1 aromatic heterocycles. The van der Waals surface area contributed by atoms with Gasteiger partial charge in [0.25, 0.3) is 0 Å². The molecule has 1 atom stereocenters. The number of anilines is 1. The zero-order valence-corrected chi connectivity index (χ0v) is 11.8. The van der Waals surface area contributed by atoms with Gasteiger partial charge in [-0.25, -0.2) is 4.39 Å². The van der Waals surface area contributed by atoms with Crippen LogP contribution >= 0.6 is 0 Å². The van der Waals surface area contributed by atoms with Gasteiger partial charge in [-0.1, -0.05) is 18.2 Å². The van der Waals surface area contributed by atoms with E-state index in [4.69, 9.17) is 5.73 Å². The first-order valence-electron chi connectivity index (χ1n) is 6.95. The molecular weight excluding hydrogens is 281 g/mol. The lowest BCUT2D eigenvalue weighted by Gasteiger charge is -2.13. The number of benzene rings is 2. The van der Waals surface area contributed by atoms with Crippen molar-refractivity contribution in [1.29, 1.82) is 0 Å². The standard InChI is InChI=1S/C17H16FN3O/c18-12-4-1-3-11(9-12)10-21-15-7-6-14(17(19)22)16-13(15)5-2-8-20-16/h1-9,17,21-22H,10,19H2. The minimum atomic E-state index is -1.07. The second kappa shape index (κ2) is 6.09. The van der Waals surface area contributed by atoms with Gasteiger partial charge in [-0.2, -0.15) is 0 Å². The smallest absolute Gasteiger partial charge is 0.130 e. The fourth-order valence-corrected chi connectivity index (χ4v) is 2.43. The zero-order chi connectivity index (χ0) is 15.5. The Hall–Kier alpha value is -2.50. The van der Waals surface area contributed by atoms with E-state index in [2.05, 4.69) is 10.3 Å². The highest BCUT2D eigenvalue weighted by Gasteiger charge is 2.10. The van der Waals surface area contributed by atoms with Crippen LogP contribution in [0.15, 0.2) is 54.7 Å². The first kappa shape index (κ1) is 14.4. The number of hydrogen-bond acceptors (Lipinski definition) is 4. The van der Waals surface area contributed by atoms with E-state index in [1.165, 1.54) is 12.1 Å². The Balaban J connectivity index is 1.93. The molecule has 2 aromatic carbocycles. The van der Waals surface area contributed by atoms with Crippen molar-refractivity contribution < 1.29 is 9.50 Å². The van der Waals surface area contributed by atoms with E-state index in [1.54, 1.807) is 18.3 Å². The topological polar surface area (TPSA) is 71.2 Å². The van der Waals surface area contributed by atoms with Crippen LogP contribution in [0, 0.1) is 5.82 Å². The molecule has 112 valence electrons. The number of aliphatic hydroxyl groups is 1. The Bertz CT molecular complexity index is 805. The molecule has 22 heavy (non-hydrogen) atoms. The molecule has 0 saturated heterocycles. The molecule has 3 rings (SSSR count).